The first-order valence-corrected chi connectivity index (χ1v) is 12.3. The van der Waals surface area contributed by atoms with Gasteiger partial charge in [0.05, 0.1) is 17.9 Å². The lowest BCUT2D eigenvalue weighted by Crippen LogP contribution is -2.36. The molecule has 0 aliphatic carbocycles. The number of benzene rings is 1. The van der Waals surface area contributed by atoms with E-state index >= 15 is 0 Å². The quantitative estimate of drug-likeness (QED) is 0.705. The van der Waals surface area contributed by atoms with Gasteiger partial charge < -0.3 is 9.80 Å². The molecule has 1 fully saturated rings. The lowest BCUT2D eigenvalue weighted by atomic mass is 10.1. The number of aromatic nitrogens is 2. The Hall–Kier alpha value is -2.23. The number of sulfonamides is 1. The largest absolute Gasteiger partial charge is 0.336 e. The van der Waals surface area contributed by atoms with Crippen LogP contribution in [0.15, 0.2) is 35.5 Å². The molecule has 9 heteroatoms. The summed E-state index contributed by atoms with van der Waals surface area (Å²) in [6, 6.07) is 7.28. The van der Waals surface area contributed by atoms with E-state index < -0.39 is 10.0 Å². The number of amides is 1. The van der Waals surface area contributed by atoms with Gasteiger partial charge in [-0.15, -0.1) is 0 Å². The number of para-hydroxylation sites is 1. The third kappa shape index (κ3) is 4.02. The Morgan fingerprint density at radius 3 is 2.68 bits per heavy atom. The van der Waals surface area contributed by atoms with E-state index in [-0.39, 0.29) is 17.3 Å². The maximum Gasteiger partial charge on any atom is 0.274 e. The molecule has 8 nitrogen and oxygen atoms in total. The Labute approximate surface area is 184 Å². The molecule has 31 heavy (non-hydrogen) atoms. The molecule has 0 spiro atoms. The molecule has 168 valence electrons. The molecule has 2 aliphatic rings. The second-order valence-electron chi connectivity index (χ2n) is 9.06. The van der Waals surface area contributed by atoms with Gasteiger partial charge in [-0.1, -0.05) is 26.0 Å². The monoisotopic (exact) mass is 445 g/mol. The van der Waals surface area contributed by atoms with Crippen LogP contribution in [0.3, 0.4) is 0 Å². The van der Waals surface area contributed by atoms with E-state index in [1.54, 1.807) is 29.1 Å². The molecule has 1 atom stereocenters. The lowest BCUT2D eigenvalue weighted by molar-refractivity contribution is 0.0775. The van der Waals surface area contributed by atoms with Gasteiger partial charge >= 0.3 is 0 Å². The molecule has 1 amide bonds. The zero-order valence-electron chi connectivity index (χ0n) is 18.7. The Balaban J connectivity index is 1.75. The van der Waals surface area contributed by atoms with E-state index in [9.17, 15) is 13.2 Å². The highest BCUT2D eigenvalue weighted by molar-refractivity contribution is 7.89. The summed E-state index contributed by atoms with van der Waals surface area (Å²) in [6.07, 6.45) is 3.25. The van der Waals surface area contributed by atoms with Gasteiger partial charge in [-0.25, -0.2) is 13.4 Å². The van der Waals surface area contributed by atoms with Crippen molar-refractivity contribution in [2.24, 2.45) is 5.92 Å². The third-order valence-electron chi connectivity index (χ3n) is 6.27. The van der Waals surface area contributed by atoms with Crippen molar-refractivity contribution in [1.29, 1.82) is 0 Å². The van der Waals surface area contributed by atoms with Crippen LogP contribution in [-0.2, 0) is 16.6 Å². The number of likely N-dealkylation sites (N-methyl/N-ethyl adjacent to an activating group) is 1. The maximum atomic E-state index is 13.4. The highest BCUT2D eigenvalue weighted by Gasteiger charge is 2.36. The van der Waals surface area contributed by atoms with Crippen LogP contribution in [0, 0.1) is 5.92 Å². The first kappa shape index (κ1) is 22.0. The van der Waals surface area contributed by atoms with E-state index in [4.69, 9.17) is 0 Å². The van der Waals surface area contributed by atoms with E-state index in [2.05, 4.69) is 23.7 Å². The molecule has 1 aromatic carbocycles. The number of hydrogen-bond donors (Lipinski definition) is 0. The molecule has 0 N–H and O–H groups in total. The van der Waals surface area contributed by atoms with Crippen LogP contribution in [0.1, 0.15) is 42.9 Å². The molecule has 1 saturated heterocycles. The minimum Gasteiger partial charge on any atom is -0.336 e. The SMILES string of the molecule is CC(C)CCN1Cc2c(C(=O)N3CCC(N(C)C)C3)ncn2-c2ccccc2S1(=O)=O. The van der Waals surface area contributed by atoms with Crippen molar-refractivity contribution in [2.75, 3.05) is 33.7 Å². The summed E-state index contributed by atoms with van der Waals surface area (Å²) in [4.78, 5) is 22.1. The van der Waals surface area contributed by atoms with Crippen molar-refractivity contribution in [3.63, 3.8) is 0 Å². The zero-order chi connectivity index (χ0) is 22.3. The van der Waals surface area contributed by atoms with Gasteiger partial charge in [0.25, 0.3) is 5.91 Å². The van der Waals surface area contributed by atoms with Crippen LogP contribution in [0.2, 0.25) is 0 Å². The first-order valence-electron chi connectivity index (χ1n) is 10.8. The highest BCUT2D eigenvalue weighted by Crippen LogP contribution is 2.32. The van der Waals surface area contributed by atoms with Crippen molar-refractivity contribution < 1.29 is 13.2 Å². The number of fused-ring (bicyclic) bond motifs is 3. The fourth-order valence-corrected chi connectivity index (χ4v) is 5.87. The minimum absolute atomic E-state index is 0.126. The summed E-state index contributed by atoms with van der Waals surface area (Å²) in [5.74, 6) is 0.242. The molecule has 1 aromatic heterocycles. The topological polar surface area (TPSA) is 78.8 Å². The molecule has 0 saturated carbocycles. The molecule has 2 aromatic rings. The Bertz CT molecular complexity index is 1080. The van der Waals surface area contributed by atoms with E-state index in [0.29, 0.717) is 48.7 Å². The van der Waals surface area contributed by atoms with Gasteiger partial charge in [-0.2, -0.15) is 4.31 Å². The molecular formula is C22H31N5O3S. The lowest BCUT2D eigenvalue weighted by Gasteiger charge is -2.22. The maximum absolute atomic E-state index is 13.4. The summed E-state index contributed by atoms with van der Waals surface area (Å²) in [6.45, 7) is 6.03. The molecule has 3 heterocycles. The Morgan fingerprint density at radius 2 is 2.00 bits per heavy atom. The van der Waals surface area contributed by atoms with Gasteiger partial charge in [0.15, 0.2) is 5.69 Å². The highest BCUT2D eigenvalue weighted by atomic mass is 32.2. The van der Waals surface area contributed by atoms with Gasteiger partial charge in [-0.05, 0) is 45.0 Å². The van der Waals surface area contributed by atoms with Crippen LogP contribution in [-0.4, -0.2) is 77.8 Å². The number of carbonyl (C=O) groups is 1. The van der Waals surface area contributed by atoms with E-state index in [1.165, 1.54) is 4.31 Å². The van der Waals surface area contributed by atoms with E-state index in [1.807, 2.05) is 25.1 Å². The fourth-order valence-electron chi connectivity index (χ4n) is 4.28. The van der Waals surface area contributed by atoms with E-state index in [0.717, 1.165) is 12.8 Å². The van der Waals surface area contributed by atoms with Gasteiger partial charge in [-0.3, -0.25) is 9.36 Å². The molecule has 2 aliphatic heterocycles. The summed E-state index contributed by atoms with van der Waals surface area (Å²) < 4.78 is 30.2. The molecule has 4 rings (SSSR count). The van der Waals surface area contributed by atoms with Crippen LogP contribution in [0.4, 0.5) is 0 Å². The average Bonchev–Trinajstić information content (AvgIpc) is 3.36. The Morgan fingerprint density at radius 1 is 1.26 bits per heavy atom. The van der Waals surface area contributed by atoms with Crippen molar-refractivity contribution in [2.45, 2.75) is 44.2 Å². The molecule has 0 bridgehead atoms. The number of nitrogens with zero attached hydrogens (tertiary/aromatic N) is 5. The van der Waals surface area contributed by atoms with Crippen molar-refractivity contribution >= 4 is 15.9 Å². The minimum atomic E-state index is -3.68. The normalized spacial score (nSPS) is 20.7. The molecule has 0 radical (unpaired) electrons. The summed E-state index contributed by atoms with van der Waals surface area (Å²) in [5, 5.41) is 0. The predicted octanol–water partition coefficient (Wildman–Crippen LogP) is 2.20. The summed E-state index contributed by atoms with van der Waals surface area (Å²) in [5.41, 5.74) is 1.53. The van der Waals surface area contributed by atoms with Crippen LogP contribution in [0.5, 0.6) is 0 Å². The van der Waals surface area contributed by atoms with Gasteiger partial charge in [0.2, 0.25) is 10.0 Å². The average molecular weight is 446 g/mol. The molecular weight excluding hydrogens is 414 g/mol. The van der Waals surface area contributed by atoms with Crippen LogP contribution >= 0.6 is 0 Å². The summed E-state index contributed by atoms with van der Waals surface area (Å²) in [7, 11) is 0.366. The van der Waals surface area contributed by atoms with Crippen molar-refractivity contribution in [3.8, 4) is 5.69 Å². The van der Waals surface area contributed by atoms with Crippen molar-refractivity contribution in [3.05, 3.63) is 42.0 Å². The number of carbonyl (C=O) groups excluding carboxylic acids is 1. The smallest absolute Gasteiger partial charge is 0.274 e. The van der Waals surface area contributed by atoms with Crippen LogP contribution < -0.4 is 0 Å². The third-order valence-corrected chi connectivity index (χ3v) is 8.17. The fraction of sp³-hybridized carbons (Fsp3) is 0.545. The standard InChI is InChI=1S/C22H31N5O3S/c1-16(2)9-12-26-14-19-21(22(28)25-11-10-17(13-25)24(3)4)23-15-27(19)18-7-5-6-8-20(18)31(26,29)30/h5-8,15-17H,9-14H2,1-4H3. The van der Waals surface area contributed by atoms with Gasteiger partial charge in [0, 0.05) is 25.7 Å². The first-order chi connectivity index (χ1) is 14.7. The Kier molecular flexibility index (Phi) is 5.93. The van der Waals surface area contributed by atoms with Gasteiger partial charge in [0.1, 0.15) is 11.2 Å². The second-order valence-corrected chi connectivity index (χ2v) is 11.0. The predicted molar refractivity (Wildman–Crippen MR) is 119 cm³/mol. The number of imidazole rings is 1. The number of rotatable bonds is 5. The summed E-state index contributed by atoms with van der Waals surface area (Å²) >= 11 is 0. The second kappa shape index (κ2) is 8.37. The number of likely N-dealkylation sites (tertiary alicyclic amines) is 1. The zero-order valence-corrected chi connectivity index (χ0v) is 19.5. The van der Waals surface area contributed by atoms with Crippen LogP contribution in [0.25, 0.3) is 5.69 Å². The molecule has 1 unspecified atom stereocenters. The number of hydrogen-bond acceptors (Lipinski definition) is 5. The van der Waals surface area contributed by atoms with Crippen molar-refractivity contribution in [1.82, 2.24) is 23.7 Å².